The first-order chi connectivity index (χ1) is 8.58. The smallest absolute Gasteiger partial charge is 0.340 e. The summed E-state index contributed by atoms with van der Waals surface area (Å²) in [5.41, 5.74) is 1.34. The predicted octanol–water partition coefficient (Wildman–Crippen LogP) is 2.16. The molecule has 0 aliphatic rings. The fraction of sp³-hybridized carbons (Fsp3) is 0.357. The number of nitrogens with zero attached hydrogens (tertiary/aromatic N) is 1. The van der Waals surface area contributed by atoms with Crippen LogP contribution in [0.3, 0.4) is 0 Å². The monoisotopic (exact) mass is 249 g/mol. The lowest BCUT2D eigenvalue weighted by atomic mass is 10.1. The van der Waals surface area contributed by atoms with Gasteiger partial charge in [-0.2, -0.15) is 0 Å². The van der Waals surface area contributed by atoms with Crippen LogP contribution in [-0.4, -0.2) is 38.7 Å². The molecule has 0 atom stereocenters. The normalized spacial score (nSPS) is 11.0. The van der Waals surface area contributed by atoms with E-state index in [-0.39, 0.29) is 5.97 Å². The summed E-state index contributed by atoms with van der Waals surface area (Å²) < 4.78 is 10.1. The van der Waals surface area contributed by atoms with Gasteiger partial charge in [-0.05, 0) is 24.6 Å². The van der Waals surface area contributed by atoms with Crippen LogP contribution >= 0.6 is 0 Å². The van der Waals surface area contributed by atoms with Crippen molar-refractivity contribution in [3.05, 3.63) is 36.0 Å². The zero-order valence-corrected chi connectivity index (χ0v) is 11.3. The van der Waals surface area contributed by atoms with Crippen molar-refractivity contribution in [3.8, 4) is 5.75 Å². The van der Waals surface area contributed by atoms with E-state index in [2.05, 4.69) is 0 Å². The Balaban J connectivity index is 3.05. The van der Waals surface area contributed by atoms with Crippen molar-refractivity contribution in [1.82, 2.24) is 4.90 Å². The van der Waals surface area contributed by atoms with Gasteiger partial charge in [0.05, 0.1) is 19.3 Å². The van der Waals surface area contributed by atoms with E-state index in [9.17, 15) is 4.79 Å². The van der Waals surface area contributed by atoms with Crippen LogP contribution in [-0.2, 0) is 9.53 Å². The first-order valence-corrected chi connectivity index (χ1v) is 5.78. The third-order valence-electron chi connectivity index (χ3n) is 2.28. The molecule has 0 amide bonds. The number of benzene rings is 1. The summed E-state index contributed by atoms with van der Waals surface area (Å²) in [5, 5.41) is 0. The molecule has 0 N–H and O–H groups in total. The number of ether oxygens (including phenoxy) is 2. The van der Waals surface area contributed by atoms with Gasteiger partial charge in [-0.15, -0.1) is 0 Å². The van der Waals surface area contributed by atoms with Crippen molar-refractivity contribution in [1.29, 1.82) is 0 Å². The van der Waals surface area contributed by atoms with Crippen molar-refractivity contribution in [2.24, 2.45) is 0 Å². The zero-order valence-electron chi connectivity index (χ0n) is 11.3. The van der Waals surface area contributed by atoms with Crippen LogP contribution in [0.4, 0.5) is 0 Å². The summed E-state index contributed by atoms with van der Waals surface area (Å²) in [7, 11) is 5.34. The zero-order chi connectivity index (χ0) is 13.5. The summed E-state index contributed by atoms with van der Waals surface area (Å²) in [5.74, 6) is 0.433. The van der Waals surface area contributed by atoms with Crippen molar-refractivity contribution in [3.63, 3.8) is 0 Å². The van der Waals surface area contributed by atoms with E-state index in [4.69, 9.17) is 9.47 Å². The summed E-state index contributed by atoms with van der Waals surface area (Å²) in [6, 6.07) is 7.31. The van der Waals surface area contributed by atoms with E-state index in [1.54, 1.807) is 20.2 Å². The molecule has 0 bridgehead atoms. The Morgan fingerprint density at radius 2 is 1.89 bits per heavy atom. The molecule has 1 aromatic carbocycles. The van der Waals surface area contributed by atoms with E-state index >= 15 is 0 Å². The van der Waals surface area contributed by atoms with Crippen LogP contribution in [0.1, 0.15) is 12.5 Å². The molecule has 0 heterocycles. The van der Waals surface area contributed by atoms with Gasteiger partial charge in [0.25, 0.3) is 0 Å². The van der Waals surface area contributed by atoms with Gasteiger partial charge < -0.3 is 14.4 Å². The quantitative estimate of drug-likeness (QED) is 0.592. The number of esters is 1. The van der Waals surface area contributed by atoms with Gasteiger partial charge in [-0.3, -0.25) is 0 Å². The average Bonchev–Trinajstić information content (AvgIpc) is 2.36. The predicted molar refractivity (Wildman–Crippen MR) is 71.3 cm³/mol. The molecular formula is C14H19NO3. The molecule has 98 valence electrons. The van der Waals surface area contributed by atoms with Crippen LogP contribution in [0.2, 0.25) is 0 Å². The average molecular weight is 249 g/mol. The SMILES string of the molecule is CCOC(=O)C(=CN(C)C)c1ccc(OC)cc1. The maximum atomic E-state index is 11.9. The maximum Gasteiger partial charge on any atom is 0.340 e. The molecule has 4 heteroatoms. The third kappa shape index (κ3) is 3.80. The van der Waals surface area contributed by atoms with Gasteiger partial charge in [-0.1, -0.05) is 12.1 Å². The van der Waals surface area contributed by atoms with Gasteiger partial charge in [0, 0.05) is 20.3 Å². The second-order valence-corrected chi connectivity index (χ2v) is 3.96. The van der Waals surface area contributed by atoms with E-state index in [0.717, 1.165) is 11.3 Å². The lowest BCUT2D eigenvalue weighted by molar-refractivity contribution is -0.136. The fourth-order valence-electron chi connectivity index (χ4n) is 1.48. The fourth-order valence-corrected chi connectivity index (χ4v) is 1.48. The highest BCUT2D eigenvalue weighted by atomic mass is 16.5. The van der Waals surface area contributed by atoms with Crippen molar-refractivity contribution in [2.45, 2.75) is 6.92 Å². The molecular weight excluding hydrogens is 230 g/mol. The molecule has 0 fully saturated rings. The van der Waals surface area contributed by atoms with Crippen LogP contribution in [0.25, 0.3) is 5.57 Å². The Kier molecular flexibility index (Phi) is 5.24. The number of carbonyl (C=O) groups is 1. The van der Waals surface area contributed by atoms with Gasteiger partial charge in [0.1, 0.15) is 5.75 Å². The second kappa shape index (κ2) is 6.69. The molecule has 0 spiro atoms. The molecule has 1 aromatic rings. The minimum absolute atomic E-state index is 0.323. The Hall–Kier alpha value is -1.97. The van der Waals surface area contributed by atoms with Gasteiger partial charge in [0.2, 0.25) is 0 Å². The Morgan fingerprint density at radius 3 is 2.33 bits per heavy atom. The lowest BCUT2D eigenvalue weighted by Crippen LogP contribution is -2.11. The minimum Gasteiger partial charge on any atom is -0.497 e. The van der Waals surface area contributed by atoms with E-state index < -0.39 is 0 Å². The number of hydrogen-bond donors (Lipinski definition) is 0. The van der Waals surface area contributed by atoms with E-state index in [1.165, 1.54) is 0 Å². The highest BCUT2D eigenvalue weighted by molar-refractivity contribution is 6.16. The first kappa shape index (κ1) is 14.1. The highest BCUT2D eigenvalue weighted by Gasteiger charge is 2.13. The van der Waals surface area contributed by atoms with Crippen LogP contribution in [0.5, 0.6) is 5.75 Å². The van der Waals surface area contributed by atoms with Crippen LogP contribution in [0.15, 0.2) is 30.5 Å². The maximum absolute atomic E-state index is 11.9. The summed E-state index contributed by atoms with van der Waals surface area (Å²) in [4.78, 5) is 13.7. The molecule has 0 aliphatic heterocycles. The first-order valence-electron chi connectivity index (χ1n) is 5.78. The minimum atomic E-state index is -0.323. The van der Waals surface area contributed by atoms with Gasteiger partial charge in [-0.25, -0.2) is 4.79 Å². The molecule has 0 radical (unpaired) electrons. The Morgan fingerprint density at radius 1 is 1.28 bits per heavy atom. The molecule has 0 aliphatic carbocycles. The number of hydrogen-bond acceptors (Lipinski definition) is 4. The topological polar surface area (TPSA) is 38.8 Å². The van der Waals surface area contributed by atoms with Crippen molar-refractivity contribution >= 4 is 11.5 Å². The number of rotatable bonds is 5. The molecule has 0 saturated heterocycles. The largest absolute Gasteiger partial charge is 0.497 e. The Bertz CT molecular complexity index is 421. The molecule has 18 heavy (non-hydrogen) atoms. The van der Waals surface area contributed by atoms with E-state index in [1.807, 2.05) is 43.3 Å². The van der Waals surface area contributed by atoms with Crippen molar-refractivity contribution < 1.29 is 14.3 Å². The Labute approximate surface area is 108 Å². The third-order valence-corrected chi connectivity index (χ3v) is 2.28. The molecule has 0 unspecified atom stereocenters. The van der Waals surface area contributed by atoms with Crippen LogP contribution in [0, 0.1) is 0 Å². The summed E-state index contributed by atoms with van der Waals surface area (Å²) in [6.45, 7) is 2.15. The van der Waals surface area contributed by atoms with Gasteiger partial charge in [0.15, 0.2) is 0 Å². The van der Waals surface area contributed by atoms with Crippen molar-refractivity contribution in [2.75, 3.05) is 27.8 Å². The number of methoxy groups -OCH3 is 1. The standard InChI is InChI=1S/C14H19NO3/c1-5-18-14(16)13(10-15(2)3)11-6-8-12(17-4)9-7-11/h6-10H,5H2,1-4H3. The lowest BCUT2D eigenvalue weighted by Gasteiger charge is -2.12. The highest BCUT2D eigenvalue weighted by Crippen LogP contribution is 2.20. The molecule has 0 aromatic heterocycles. The van der Waals surface area contributed by atoms with E-state index in [0.29, 0.717) is 12.2 Å². The molecule has 0 saturated carbocycles. The molecule has 1 rings (SSSR count). The molecule has 4 nitrogen and oxygen atoms in total. The summed E-state index contributed by atoms with van der Waals surface area (Å²) in [6.07, 6.45) is 1.75. The second-order valence-electron chi connectivity index (χ2n) is 3.96. The van der Waals surface area contributed by atoms with Gasteiger partial charge >= 0.3 is 5.97 Å². The number of carbonyl (C=O) groups excluding carboxylic acids is 1. The van der Waals surface area contributed by atoms with Crippen LogP contribution < -0.4 is 4.74 Å². The summed E-state index contributed by atoms with van der Waals surface area (Å²) >= 11 is 0.